The summed E-state index contributed by atoms with van der Waals surface area (Å²) in [5, 5.41) is 13.1. The van der Waals surface area contributed by atoms with Crippen molar-refractivity contribution in [3.63, 3.8) is 0 Å². The topological polar surface area (TPSA) is 80.6 Å². The summed E-state index contributed by atoms with van der Waals surface area (Å²) in [7, 11) is 0. The number of aromatic carboxylic acids is 1. The second-order valence-electron chi connectivity index (χ2n) is 7.61. The lowest BCUT2D eigenvalue weighted by molar-refractivity contribution is -0.120. The van der Waals surface area contributed by atoms with Crippen LogP contribution in [-0.2, 0) is 16.0 Å². The van der Waals surface area contributed by atoms with Gasteiger partial charge in [-0.1, -0.05) is 35.9 Å². The van der Waals surface area contributed by atoms with Crippen LogP contribution in [0.2, 0.25) is 0 Å². The Kier molecular flexibility index (Phi) is 6.33. The van der Waals surface area contributed by atoms with Gasteiger partial charge in [-0.3, -0.25) is 4.79 Å². The van der Waals surface area contributed by atoms with Crippen LogP contribution < -0.4 is 5.32 Å². The molecule has 6 nitrogen and oxygen atoms in total. The number of anilines is 1. The highest BCUT2D eigenvalue weighted by Gasteiger charge is 2.13. The summed E-state index contributed by atoms with van der Waals surface area (Å²) in [6.45, 7) is 2.28. The van der Waals surface area contributed by atoms with E-state index in [0.717, 1.165) is 33.4 Å². The molecular formula is C26H24N2O4. The maximum Gasteiger partial charge on any atom is 0.335 e. The summed E-state index contributed by atoms with van der Waals surface area (Å²) in [5.74, 6) is -1.18. The number of carbonyl (C=O) groups excluding carboxylic acids is 1. The number of benzene rings is 3. The zero-order valence-electron chi connectivity index (χ0n) is 17.7. The van der Waals surface area contributed by atoms with E-state index in [2.05, 4.69) is 5.32 Å². The van der Waals surface area contributed by atoms with Crippen molar-refractivity contribution in [2.75, 3.05) is 18.5 Å². The Bertz CT molecular complexity index is 1240. The van der Waals surface area contributed by atoms with Crippen molar-refractivity contribution in [1.29, 1.82) is 0 Å². The van der Waals surface area contributed by atoms with E-state index in [0.29, 0.717) is 13.0 Å². The largest absolute Gasteiger partial charge is 0.478 e. The number of carbonyl (C=O) groups is 2. The lowest BCUT2D eigenvalue weighted by atomic mass is 10.1. The zero-order valence-corrected chi connectivity index (χ0v) is 17.7. The molecule has 4 aromatic rings. The molecule has 0 aliphatic carbocycles. The van der Waals surface area contributed by atoms with Crippen molar-refractivity contribution in [3.8, 4) is 5.69 Å². The number of nitrogens with one attached hydrogen (secondary N) is 1. The number of aryl methyl sites for hydroxylation is 1. The molecule has 0 unspecified atom stereocenters. The Hall–Kier alpha value is -3.90. The van der Waals surface area contributed by atoms with Crippen LogP contribution in [0.25, 0.3) is 16.6 Å². The van der Waals surface area contributed by atoms with E-state index in [4.69, 9.17) is 4.74 Å². The van der Waals surface area contributed by atoms with Gasteiger partial charge < -0.3 is 19.7 Å². The van der Waals surface area contributed by atoms with Crippen LogP contribution >= 0.6 is 0 Å². The van der Waals surface area contributed by atoms with Gasteiger partial charge in [0.1, 0.15) is 6.61 Å². The molecule has 0 aliphatic rings. The van der Waals surface area contributed by atoms with Gasteiger partial charge in [0.2, 0.25) is 5.91 Å². The average Bonchev–Trinajstić information content (AvgIpc) is 3.17. The molecule has 0 aliphatic heterocycles. The number of carboxylic acids is 1. The number of ether oxygens (including phenoxy) is 1. The van der Waals surface area contributed by atoms with Gasteiger partial charge in [-0.05, 0) is 61.4 Å². The molecule has 1 aromatic heterocycles. The van der Waals surface area contributed by atoms with Crippen LogP contribution in [0.3, 0.4) is 0 Å². The van der Waals surface area contributed by atoms with Crippen molar-refractivity contribution in [2.45, 2.75) is 13.3 Å². The van der Waals surface area contributed by atoms with Crippen LogP contribution in [0.5, 0.6) is 0 Å². The molecule has 0 radical (unpaired) electrons. The van der Waals surface area contributed by atoms with Crippen molar-refractivity contribution in [2.24, 2.45) is 0 Å². The molecular weight excluding hydrogens is 404 g/mol. The third kappa shape index (κ3) is 4.87. The molecule has 1 amide bonds. The highest BCUT2D eigenvalue weighted by molar-refractivity contribution is 5.95. The number of hydrogen-bond acceptors (Lipinski definition) is 3. The number of amides is 1. The highest BCUT2D eigenvalue weighted by atomic mass is 16.5. The molecule has 162 valence electrons. The molecule has 0 atom stereocenters. The maximum absolute atomic E-state index is 12.1. The van der Waals surface area contributed by atoms with Gasteiger partial charge in [0.05, 0.1) is 17.7 Å². The number of rotatable bonds is 8. The standard InChI is InChI=1S/C26H24N2O4/c1-18-7-10-21(11-8-18)27-25(29)17-32-14-13-20-16-28(22-5-3-2-4-6-22)24-12-9-19(26(30)31)15-23(20)24/h2-12,15-16H,13-14,17H2,1H3,(H,27,29)(H,30,31). The van der Waals surface area contributed by atoms with Gasteiger partial charge in [0.15, 0.2) is 0 Å². The predicted octanol–water partition coefficient (Wildman–Crippen LogP) is 4.83. The van der Waals surface area contributed by atoms with E-state index in [9.17, 15) is 14.7 Å². The highest BCUT2D eigenvalue weighted by Crippen LogP contribution is 2.26. The first-order chi connectivity index (χ1) is 15.5. The fraction of sp³-hybridized carbons (Fsp3) is 0.154. The SMILES string of the molecule is Cc1ccc(NC(=O)COCCc2cn(-c3ccccc3)c3ccc(C(=O)O)cc23)cc1. The van der Waals surface area contributed by atoms with Gasteiger partial charge in [0.25, 0.3) is 0 Å². The van der Waals surface area contributed by atoms with Crippen LogP contribution in [0, 0.1) is 6.92 Å². The van der Waals surface area contributed by atoms with E-state index in [1.54, 1.807) is 12.1 Å². The van der Waals surface area contributed by atoms with Crippen molar-refractivity contribution >= 4 is 28.5 Å². The summed E-state index contributed by atoms with van der Waals surface area (Å²) < 4.78 is 7.64. The minimum atomic E-state index is -0.964. The summed E-state index contributed by atoms with van der Waals surface area (Å²) in [6.07, 6.45) is 2.55. The minimum Gasteiger partial charge on any atom is -0.478 e. The second kappa shape index (κ2) is 9.49. The quantitative estimate of drug-likeness (QED) is 0.394. The summed E-state index contributed by atoms with van der Waals surface area (Å²) in [5.41, 5.74) is 4.98. The smallest absolute Gasteiger partial charge is 0.335 e. The van der Waals surface area contributed by atoms with Gasteiger partial charge >= 0.3 is 5.97 Å². The fourth-order valence-corrected chi connectivity index (χ4v) is 3.61. The van der Waals surface area contributed by atoms with Gasteiger partial charge in [0, 0.05) is 23.0 Å². The summed E-state index contributed by atoms with van der Waals surface area (Å²) in [4.78, 5) is 23.6. The van der Waals surface area contributed by atoms with Crippen molar-refractivity contribution in [3.05, 3.63) is 95.7 Å². The third-order valence-electron chi connectivity index (χ3n) is 5.25. The minimum absolute atomic E-state index is 0.0500. The van der Waals surface area contributed by atoms with Crippen molar-refractivity contribution in [1.82, 2.24) is 4.57 Å². The molecule has 0 saturated heterocycles. The van der Waals surface area contributed by atoms with E-state index >= 15 is 0 Å². The van der Waals surface area contributed by atoms with Gasteiger partial charge in [-0.15, -0.1) is 0 Å². The Morgan fingerprint density at radius 1 is 1.00 bits per heavy atom. The third-order valence-corrected chi connectivity index (χ3v) is 5.25. The molecule has 0 saturated carbocycles. The molecule has 0 bridgehead atoms. The number of para-hydroxylation sites is 1. The molecule has 4 rings (SSSR count). The predicted molar refractivity (Wildman–Crippen MR) is 125 cm³/mol. The first-order valence-corrected chi connectivity index (χ1v) is 10.4. The number of fused-ring (bicyclic) bond motifs is 1. The maximum atomic E-state index is 12.1. The molecule has 1 heterocycles. The first-order valence-electron chi connectivity index (χ1n) is 10.4. The van der Waals surface area contributed by atoms with E-state index < -0.39 is 5.97 Å². The average molecular weight is 428 g/mol. The molecule has 0 spiro atoms. The first kappa shape index (κ1) is 21.3. The molecule has 6 heteroatoms. The van der Waals surface area contributed by atoms with E-state index in [1.807, 2.05) is 78.4 Å². The molecule has 3 aromatic carbocycles. The molecule has 2 N–H and O–H groups in total. The lowest BCUT2D eigenvalue weighted by Crippen LogP contribution is -2.19. The fourth-order valence-electron chi connectivity index (χ4n) is 3.61. The summed E-state index contributed by atoms with van der Waals surface area (Å²) >= 11 is 0. The molecule has 32 heavy (non-hydrogen) atoms. The monoisotopic (exact) mass is 428 g/mol. The van der Waals surface area contributed by atoms with Crippen LogP contribution in [0.15, 0.2) is 79.0 Å². The number of nitrogens with zero attached hydrogens (tertiary/aromatic N) is 1. The van der Waals surface area contributed by atoms with E-state index in [-0.39, 0.29) is 18.1 Å². The van der Waals surface area contributed by atoms with Crippen LogP contribution in [0.1, 0.15) is 21.5 Å². The van der Waals surface area contributed by atoms with Gasteiger partial charge in [-0.25, -0.2) is 4.79 Å². The number of hydrogen-bond donors (Lipinski definition) is 2. The summed E-state index contributed by atoms with van der Waals surface area (Å²) in [6, 6.07) is 22.6. The van der Waals surface area contributed by atoms with Crippen LogP contribution in [0.4, 0.5) is 5.69 Å². The molecule has 0 fully saturated rings. The Morgan fingerprint density at radius 3 is 2.47 bits per heavy atom. The van der Waals surface area contributed by atoms with E-state index in [1.165, 1.54) is 0 Å². The Balaban J connectivity index is 1.46. The van der Waals surface area contributed by atoms with Gasteiger partial charge in [-0.2, -0.15) is 0 Å². The number of aromatic nitrogens is 1. The Labute approximate surface area is 186 Å². The number of carboxylic acid groups (broad SMARTS) is 1. The Morgan fingerprint density at radius 2 is 1.75 bits per heavy atom. The second-order valence-corrected chi connectivity index (χ2v) is 7.61. The lowest BCUT2D eigenvalue weighted by Gasteiger charge is -2.06. The zero-order chi connectivity index (χ0) is 22.5. The van der Waals surface area contributed by atoms with Crippen molar-refractivity contribution < 1.29 is 19.4 Å². The van der Waals surface area contributed by atoms with Crippen LogP contribution in [-0.4, -0.2) is 34.8 Å². The normalized spacial score (nSPS) is 10.9.